The highest BCUT2D eigenvalue weighted by molar-refractivity contribution is 5.82. The van der Waals surface area contributed by atoms with Crippen molar-refractivity contribution < 1.29 is 9.47 Å². The second-order valence-electron chi connectivity index (χ2n) is 5.71. The van der Waals surface area contributed by atoms with Crippen LogP contribution < -0.4 is 20.9 Å². The maximum absolute atomic E-state index is 5.90. The molecule has 8 heteroatoms. The zero-order valence-electron chi connectivity index (χ0n) is 15.1. The van der Waals surface area contributed by atoms with Crippen molar-refractivity contribution in [1.82, 2.24) is 9.97 Å². The molecule has 0 amide bonds. The Morgan fingerprint density at radius 3 is 2.52 bits per heavy atom. The van der Waals surface area contributed by atoms with E-state index in [-0.39, 0.29) is 12.6 Å². The minimum absolute atomic E-state index is 0.106. The van der Waals surface area contributed by atoms with Crippen LogP contribution in [0, 0.1) is 6.92 Å². The van der Waals surface area contributed by atoms with Gasteiger partial charge in [-0.05, 0) is 42.8 Å². The summed E-state index contributed by atoms with van der Waals surface area (Å²) < 4.78 is 11.3. The van der Waals surface area contributed by atoms with Crippen molar-refractivity contribution in [2.45, 2.75) is 13.5 Å². The van der Waals surface area contributed by atoms with Gasteiger partial charge in [-0.1, -0.05) is 12.1 Å². The van der Waals surface area contributed by atoms with Crippen molar-refractivity contribution in [2.24, 2.45) is 21.7 Å². The average molecular weight is 364 g/mol. The largest absolute Gasteiger partial charge is 0.493 e. The van der Waals surface area contributed by atoms with Gasteiger partial charge in [0, 0.05) is 0 Å². The Bertz CT molecular complexity index is 1010. The van der Waals surface area contributed by atoms with E-state index in [0.717, 1.165) is 28.0 Å². The molecule has 138 valence electrons. The summed E-state index contributed by atoms with van der Waals surface area (Å²) in [5.74, 6) is 1.05. The lowest BCUT2D eigenvalue weighted by molar-refractivity contribution is 0.280. The van der Waals surface area contributed by atoms with E-state index >= 15 is 0 Å². The molecule has 0 saturated carbocycles. The number of nitrogens with zero attached hydrogens (tertiary/aromatic N) is 4. The molecule has 1 heterocycles. The van der Waals surface area contributed by atoms with Crippen molar-refractivity contribution in [1.29, 1.82) is 0 Å². The number of guanidine groups is 1. The third-order valence-corrected chi connectivity index (χ3v) is 3.78. The first kappa shape index (κ1) is 18.1. The summed E-state index contributed by atoms with van der Waals surface area (Å²) >= 11 is 0. The van der Waals surface area contributed by atoms with Gasteiger partial charge < -0.3 is 20.9 Å². The summed E-state index contributed by atoms with van der Waals surface area (Å²) in [6.45, 7) is 2.19. The highest BCUT2D eigenvalue weighted by Crippen LogP contribution is 2.28. The molecule has 0 unspecified atom stereocenters. The third kappa shape index (κ3) is 4.49. The number of aryl methyl sites for hydroxylation is 1. The van der Waals surface area contributed by atoms with E-state index in [2.05, 4.69) is 20.2 Å². The number of aromatic nitrogens is 2. The second kappa shape index (κ2) is 8.13. The van der Waals surface area contributed by atoms with Crippen LogP contribution in [0.25, 0.3) is 11.0 Å². The van der Waals surface area contributed by atoms with E-state index in [9.17, 15) is 0 Å². The normalized spacial score (nSPS) is 10.9. The number of rotatable bonds is 6. The van der Waals surface area contributed by atoms with E-state index in [1.807, 2.05) is 37.3 Å². The minimum Gasteiger partial charge on any atom is -0.493 e. The Balaban J connectivity index is 1.78. The van der Waals surface area contributed by atoms with Crippen molar-refractivity contribution in [3.05, 3.63) is 59.4 Å². The number of hydrogen-bond acceptors (Lipinski definition) is 6. The van der Waals surface area contributed by atoms with Crippen LogP contribution in [0.4, 0.5) is 0 Å². The molecular weight excluding hydrogens is 344 g/mol. The molecule has 0 bridgehead atoms. The zero-order chi connectivity index (χ0) is 19.2. The van der Waals surface area contributed by atoms with Crippen LogP contribution in [0.2, 0.25) is 0 Å². The van der Waals surface area contributed by atoms with Crippen molar-refractivity contribution in [3.8, 4) is 11.5 Å². The third-order valence-electron chi connectivity index (χ3n) is 3.78. The Morgan fingerprint density at radius 1 is 1.07 bits per heavy atom. The lowest BCUT2D eigenvalue weighted by Crippen LogP contribution is -2.21. The number of ether oxygens (including phenoxy) is 2. The van der Waals surface area contributed by atoms with Crippen molar-refractivity contribution >= 4 is 23.2 Å². The van der Waals surface area contributed by atoms with E-state index in [1.54, 1.807) is 19.2 Å². The molecule has 1 aromatic heterocycles. The molecule has 0 aliphatic rings. The first-order valence-corrected chi connectivity index (χ1v) is 8.22. The van der Waals surface area contributed by atoms with Gasteiger partial charge in [0.1, 0.15) is 6.61 Å². The molecular formula is C19H20N6O2. The number of para-hydroxylation sites is 2. The van der Waals surface area contributed by atoms with Crippen molar-refractivity contribution in [3.63, 3.8) is 0 Å². The van der Waals surface area contributed by atoms with Gasteiger partial charge in [-0.2, -0.15) is 5.10 Å². The lowest BCUT2D eigenvalue weighted by Gasteiger charge is -2.12. The molecule has 27 heavy (non-hydrogen) atoms. The SMILES string of the molecule is COc1cc(/C=N\N=C(N)N)ccc1OCc1nc2ccccc2nc1C. The first-order chi connectivity index (χ1) is 13.1. The van der Waals surface area contributed by atoms with Gasteiger partial charge in [-0.3, -0.25) is 0 Å². The molecule has 0 aliphatic heterocycles. The van der Waals surface area contributed by atoms with Gasteiger partial charge in [-0.25, -0.2) is 9.97 Å². The Kier molecular flexibility index (Phi) is 5.46. The number of fused-ring (bicyclic) bond motifs is 1. The number of nitrogens with two attached hydrogens (primary N) is 2. The second-order valence-corrected chi connectivity index (χ2v) is 5.71. The number of methoxy groups -OCH3 is 1. The fourth-order valence-electron chi connectivity index (χ4n) is 2.45. The zero-order valence-corrected chi connectivity index (χ0v) is 15.1. The van der Waals surface area contributed by atoms with Crippen LogP contribution in [0.5, 0.6) is 11.5 Å². The Morgan fingerprint density at radius 2 is 1.81 bits per heavy atom. The van der Waals surface area contributed by atoms with Gasteiger partial charge in [-0.15, -0.1) is 5.10 Å². The molecule has 3 aromatic rings. The quantitative estimate of drug-likeness (QED) is 0.393. The van der Waals surface area contributed by atoms with Gasteiger partial charge in [0.2, 0.25) is 5.96 Å². The Labute approximate surface area is 156 Å². The van der Waals surface area contributed by atoms with E-state index < -0.39 is 0 Å². The maximum Gasteiger partial charge on any atom is 0.211 e. The van der Waals surface area contributed by atoms with Gasteiger partial charge in [0.05, 0.1) is 35.7 Å². The summed E-state index contributed by atoms with van der Waals surface area (Å²) in [7, 11) is 1.57. The van der Waals surface area contributed by atoms with Gasteiger partial charge in [0.15, 0.2) is 11.5 Å². The maximum atomic E-state index is 5.90. The predicted molar refractivity (Wildman–Crippen MR) is 105 cm³/mol. The Hall–Kier alpha value is -3.68. The van der Waals surface area contributed by atoms with Crippen LogP contribution in [-0.2, 0) is 6.61 Å². The average Bonchev–Trinajstić information content (AvgIpc) is 2.66. The fraction of sp³-hybridized carbons (Fsp3) is 0.158. The monoisotopic (exact) mass is 364 g/mol. The molecule has 0 spiro atoms. The fourth-order valence-corrected chi connectivity index (χ4v) is 2.45. The topological polar surface area (TPSA) is 121 Å². The molecule has 0 radical (unpaired) electrons. The first-order valence-electron chi connectivity index (χ1n) is 8.22. The van der Waals surface area contributed by atoms with Crippen LogP contribution in [0.3, 0.4) is 0 Å². The molecule has 3 rings (SSSR count). The minimum atomic E-state index is -0.106. The summed E-state index contributed by atoms with van der Waals surface area (Å²) in [5.41, 5.74) is 14.5. The van der Waals surface area contributed by atoms with Crippen LogP contribution in [0.15, 0.2) is 52.7 Å². The van der Waals surface area contributed by atoms with Gasteiger partial charge >= 0.3 is 0 Å². The number of benzene rings is 2. The molecule has 0 aliphatic carbocycles. The number of hydrogen-bond donors (Lipinski definition) is 2. The lowest BCUT2D eigenvalue weighted by atomic mass is 10.2. The van der Waals surface area contributed by atoms with Crippen LogP contribution >= 0.6 is 0 Å². The highest BCUT2D eigenvalue weighted by atomic mass is 16.5. The molecule has 0 saturated heterocycles. The molecule has 0 atom stereocenters. The van der Waals surface area contributed by atoms with E-state index in [4.69, 9.17) is 20.9 Å². The van der Waals surface area contributed by atoms with Gasteiger partial charge in [0.25, 0.3) is 0 Å². The summed E-state index contributed by atoms with van der Waals surface area (Å²) in [5, 5.41) is 7.34. The predicted octanol–water partition coefficient (Wildman–Crippen LogP) is 2.13. The molecule has 2 aromatic carbocycles. The van der Waals surface area contributed by atoms with E-state index in [0.29, 0.717) is 11.5 Å². The molecule has 0 fully saturated rings. The molecule has 8 nitrogen and oxygen atoms in total. The highest BCUT2D eigenvalue weighted by Gasteiger charge is 2.09. The summed E-state index contributed by atoms with van der Waals surface area (Å²) in [6.07, 6.45) is 1.52. The summed E-state index contributed by atoms with van der Waals surface area (Å²) in [4.78, 5) is 9.20. The van der Waals surface area contributed by atoms with Crippen LogP contribution in [0.1, 0.15) is 17.0 Å². The smallest absolute Gasteiger partial charge is 0.211 e. The van der Waals surface area contributed by atoms with E-state index in [1.165, 1.54) is 6.21 Å². The standard InChI is InChI=1S/C19H20N6O2/c1-12-16(24-15-6-4-3-5-14(15)23-12)11-27-17-8-7-13(9-18(17)26-2)10-22-25-19(20)21/h3-10H,11H2,1-2H3,(H4,20,21,25)/b22-10-. The molecule has 4 N–H and O–H groups in total. The summed E-state index contributed by atoms with van der Waals surface area (Å²) in [6, 6.07) is 13.1. The van der Waals surface area contributed by atoms with Crippen LogP contribution in [-0.4, -0.2) is 29.3 Å². The van der Waals surface area contributed by atoms with Crippen molar-refractivity contribution in [2.75, 3.05) is 7.11 Å².